The zero-order valence-corrected chi connectivity index (χ0v) is 16.3. The number of aromatic nitrogens is 2. The van der Waals surface area contributed by atoms with Crippen LogP contribution in [-0.4, -0.2) is 42.0 Å². The molecule has 2 aromatic carbocycles. The number of amides is 1. The van der Waals surface area contributed by atoms with Crippen molar-refractivity contribution in [3.05, 3.63) is 53.6 Å². The van der Waals surface area contributed by atoms with E-state index in [1.165, 1.54) is 7.11 Å². The molecule has 28 heavy (non-hydrogen) atoms. The molecule has 2 N–H and O–H groups in total. The number of primary amides is 1. The molecular formula is C21H22N4O3. The summed E-state index contributed by atoms with van der Waals surface area (Å²) in [5.74, 6) is -0.226. The van der Waals surface area contributed by atoms with Crippen LogP contribution >= 0.6 is 0 Å². The first-order valence-corrected chi connectivity index (χ1v) is 8.85. The molecule has 0 aliphatic rings. The van der Waals surface area contributed by atoms with E-state index in [4.69, 9.17) is 20.4 Å². The van der Waals surface area contributed by atoms with Crippen molar-refractivity contribution in [1.82, 2.24) is 9.97 Å². The van der Waals surface area contributed by atoms with Gasteiger partial charge in [-0.1, -0.05) is 12.1 Å². The van der Waals surface area contributed by atoms with E-state index in [0.717, 1.165) is 5.56 Å². The smallest absolute Gasteiger partial charge is 0.337 e. The summed E-state index contributed by atoms with van der Waals surface area (Å²) in [4.78, 5) is 34.7. The third kappa shape index (κ3) is 3.64. The second-order valence-electron chi connectivity index (χ2n) is 6.74. The number of nitrogens with zero attached hydrogens (tertiary/aromatic N) is 3. The zero-order chi connectivity index (χ0) is 20.4. The van der Waals surface area contributed by atoms with Gasteiger partial charge in [0.1, 0.15) is 5.69 Å². The predicted molar refractivity (Wildman–Crippen MR) is 108 cm³/mol. The van der Waals surface area contributed by atoms with Gasteiger partial charge in [-0.3, -0.25) is 4.79 Å². The number of anilines is 1. The molecule has 1 amide bonds. The summed E-state index contributed by atoms with van der Waals surface area (Å²) in [6.07, 6.45) is 0. The van der Waals surface area contributed by atoms with Crippen LogP contribution in [0.3, 0.4) is 0 Å². The van der Waals surface area contributed by atoms with Gasteiger partial charge in [0.15, 0.2) is 5.82 Å². The molecule has 0 bridgehead atoms. The van der Waals surface area contributed by atoms with Gasteiger partial charge in [-0.15, -0.1) is 0 Å². The van der Waals surface area contributed by atoms with Crippen LogP contribution in [0.2, 0.25) is 0 Å². The number of methoxy groups -OCH3 is 1. The van der Waals surface area contributed by atoms with E-state index in [1.807, 2.05) is 11.9 Å². The standard InChI is InChI=1S/C21H22N4O3/c1-12(2)25(3)20-18(13-5-7-14(8-6-13)19(22)26)23-16-10-9-15(21(27)28-4)11-17(16)24-20/h5-12H,1-4H3,(H2,22,26). The molecule has 0 saturated carbocycles. The third-order valence-corrected chi connectivity index (χ3v) is 4.62. The summed E-state index contributed by atoms with van der Waals surface area (Å²) < 4.78 is 4.79. The Morgan fingerprint density at radius 1 is 1.00 bits per heavy atom. The lowest BCUT2D eigenvalue weighted by molar-refractivity contribution is 0.0600. The Morgan fingerprint density at radius 3 is 2.21 bits per heavy atom. The SMILES string of the molecule is COC(=O)c1ccc2nc(-c3ccc(C(N)=O)cc3)c(N(C)C(C)C)nc2c1. The van der Waals surface area contributed by atoms with E-state index in [-0.39, 0.29) is 6.04 Å². The van der Waals surface area contributed by atoms with Crippen molar-refractivity contribution < 1.29 is 14.3 Å². The summed E-state index contributed by atoms with van der Waals surface area (Å²) in [5, 5.41) is 0. The van der Waals surface area contributed by atoms with Gasteiger partial charge in [0, 0.05) is 24.2 Å². The minimum Gasteiger partial charge on any atom is -0.465 e. The van der Waals surface area contributed by atoms with Crippen molar-refractivity contribution in [2.75, 3.05) is 19.1 Å². The van der Waals surface area contributed by atoms with E-state index in [2.05, 4.69) is 13.8 Å². The molecule has 7 heteroatoms. The van der Waals surface area contributed by atoms with Crippen molar-refractivity contribution in [2.45, 2.75) is 19.9 Å². The Morgan fingerprint density at radius 2 is 1.64 bits per heavy atom. The summed E-state index contributed by atoms with van der Waals surface area (Å²) in [6, 6.07) is 12.2. The monoisotopic (exact) mass is 378 g/mol. The second kappa shape index (κ2) is 7.64. The van der Waals surface area contributed by atoms with Crippen molar-refractivity contribution >= 4 is 28.7 Å². The van der Waals surface area contributed by atoms with E-state index < -0.39 is 11.9 Å². The Balaban J connectivity index is 2.20. The van der Waals surface area contributed by atoms with Gasteiger partial charge in [-0.25, -0.2) is 14.8 Å². The van der Waals surface area contributed by atoms with Gasteiger partial charge in [0.25, 0.3) is 0 Å². The second-order valence-corrected chi connectivity index (χ2v) is 6.74. The average Bonchev–Trinajstić information content (AvgIpc) is 2.71. The summed E-state index contributed by atoms with van der Waals surface area (Å²) in [6.45, 7) is 4.10. The predicted octanol–water partition coefficient (Wildman–Crippen LogP) is 3.03. The number of carbonyl (C=O) groups excluding carboxylic acids is 2. The van der Waals surface area contributed by atoms with Gasteiger partial charge in [0.2, 0.25) is 5.91 Å². The highest BCUT2D eigenvalue weighted by Crippen LogP contribution is 2.30. The molecule has 1 heterocycles. The van der Waals surface area contributed by atoms with Crippen molar-refractivity contribution in [2.24, 2.45) is 5.73 Å². The highest BCUT2D eigenvalue weighted by Gasteiger charge is 2.18. The fourth-order valence-corrected chi connectivity index (χ4v) is 2.77. The maximum atomic E-state index is 11.8. The highest BCUT2D eigenvalue weighted by molar-refractivity contribution is 5.95. The van der Waals surface area contributed by atoms with Gasteiger partial charge in [-0.05, 0) is 44.2 Å². The number of ether oxygens (including phenoxy) is 1. The number of carbonyl (C=O) groups is 2. The van der Waals surface area contributed by atoms with Crippen molar-refractivity contribution in [3.63, 3.8) is 0 Å². The van der Waals surface area contributed by atoms with Gasteiger partial charge < -0.3 is 15.4 Å². The normalized spacial score (nSPS) is 10.9. The van der Waals surface area contributed by atoms with Crippen LogP contribution in [0.1, 0.15) is 34.6 Å². The molecular weight excluding hydrogens is 356 g/mol. The van der Waals surface area contributed by atoms with Gasteiger partial charge in [0.05, 0.1) is 23.7 Å². The molecule has 144 valence electrons. The molecule has 7 nitrogen and oxygen atoms in total. The van der Waals surface area contributed by atoms with Crippen LogP contribution in [0.15, 0.2) is 42.5 Å². The number of fused-ring (bicyclic) bond motifs is 1. The molecule has 0 spiro atoms. The van der Waals surface area contributed by atoms with E-state index >= 15 is 0 Å². The highest BCUT2D eigenvalue weighted by atomic mass is 16.5. The van der Waals surface area contributed by atoms with Crippen LogP contribution in [0.25, 0.3) is 22.3 Å². The minimum atomic E-state index is -0.481. The molecule has 3 rings (SSSR count). The topological polar surface area (TPSA) is 98.4 Å². The molecule has 3 aromatic rings. The Labute approximate surface area is 163 Å². The molecule has 0 saturated heterocycles. The zero-order valence-electron chi connectivity index (χ0n) is 16.3. The van der Waals surface area contributed by atoms with E-state index in [9.17, 15) is 9.59 Å². The Kier molecular flexibility index (Phi) is 5.26. The first kappa shape index (κ1) is 19.3. The molecule has 1 aromatic heterocycles. The Hall–Kier alpha value is -3.48. The first-order valence-electron chi connectivity index (χ1n) is 8.85. The molecule has 0 atom stereocenters. The maximum absolute atomic E-state index is 11.8. The van der Waals surface area contributed by atoms with Gasteiger partial charge in [-0.2, -0.15) is 0 Å². The number of hydrogen-bond acceptors (Lipinski definition) is 6. The van der Waals surface area contributed by atoms with Crippen molar-refractivity contribution in [1.29, 1.82) is 0 Å². The summed E-state index contributed by atoms with van der Waals surface area (Å²) in [5.41, 5.74) is 8.94. The largest absolute Gasteiger partial charge is 0.465 e. The molecule has 0 aliphatic carbocycles. The molecule has 0 radical (unpaired) electrons. The number of rotatable bonds is 5. The third-order valence-electron chi connectivity index (χ3n) is 4.62. The number of hydrogen-bond donors (Lipinski definition) is 1. The number of benzene rings is 2. The first-order chi connectivity index (χ1) is 13.3. The van der Waals surface area contributed by atoms with Crippen LogP contribution in [0.4, 0.5) is 5.82 Å². The van der Waals surface area contributed by atoms with Crippen LogP contribution < -0.4 is 10.6 Å². The van der Waals surface area contributed by atoms with Crippen LogP contribution in [-0.2, 0) is 4.74 Å². The lowest BCUT2D eigenvalue weighted by atomic mass is 10.1. The van der Waals surface area contributed by atoms with Crippen LogP contribution in [0.5, 0.6) is 0 Å². The molecule has 0 aliphatic heterocycles. The van der Waals surface area contributed by atoms with Gasteiger partial charge >= 0.3 is 5.97 Å². The van der Waals surface area contributed by atoms with Crippen molar-refractivity contribution in [3.8, 4) is 11.3 Å². The Bertz CT molecular complexity index is 1050. The fraction of sp³-hybridized carbons (Fsp3) is 0.238. The number of esters is 1. The molecule has 0 unspecified atom stereocenters. The average molecular weight is 378 g/mol. The minimum absolute atomic E-state index is 0.180. The lowest BCUT2D eigenvalue weighted by Crippen LogP contribution is -2.27. The fourth-order valence-electron chi connectivity index (χ4n) is 2.77. The summed E-state index contributed by atoms with van der Waals surface area (Å²) in [7, 11) is 3.28. The molecule has 0 fully saturated rings. The quantitative estimate of drug-likeness (QED) is 0.685. The van der Waals surface area contributed by atoms with Crippen LogP contribution in [0, 0.1) is 0 Å². The lowest BCUT2D eigenvalue weighted by Gasteiger charge is -2.25. The van der Waals surface area contributed by atoms with E-state index in [0.29, 0.717) is 33.7 Å². The number of nitrogens with two attached hydrogens (primary N) is 1. The summed E-state index contributed by atoms with van der Waals surface area (Å²) >= 11 is 0. The maximum Gasteiger partial charge on any atom is 0.337 e. The van der Waals surface area contributed by atoms with E-state index in [1.54, 1.807) is 42.5 Å².